The molecule has 2 atom stereocenters. The fraction of sp³-hybridized carbons (Fsp3) is 0.647. The van der Waals surface area contributed by atoms with E-state index in [1.807, 2.05) is 12.1 Å². The molecule has 20 heavy (non-hydrogen) atoms. The predicted octanol–water partition coefficient (Wildman–Crippen LogP) is 3.94. The van der Waals surface area contributed by atoms with Gasteiger partial charge in [-0.3, -0.25) is 0 Å². The van der Waals surface area contributed by atoms with Crippen molar-refractivity contribution in [3.63, 3.8) is 0 Å². The van der Waals surface area contributed by atoms with E-state index in [4.69, 9.17) is 9.47 Å². The first-order valence-corrected chi connectivity index (χ1v) is 7.70. The largest absolute Gasteiger partial charge is 0.497 e. The van der Waals surface area contributed by atoms with Crippen LogP contribution in [-0.2, 0) is 4.74 Å². The molecular weight excluding hydrogens is 250 g/mol. The molecule has 0 saturated heterocycles. The van der Waals surface area contributed by atoms with Crippen molar-refractivity contribution in [2.45, 2.75) is 52.2 Å². The SMILES string of the molecule is CCCNC(COC(C)CCC)c1ccc(OC)cc1. The summed E-state index contributed by atoms with van der Waals surface area (Å²) in [5.74, 6) is 0.892. The maximum absolute atomic E-state index is 5.96. The molecule has 0 radical (unpaired) electrons. The maximum atomic E-state index is 5.96. The fourth-order valence-electron chi connectivity index (χ4n) is 2.18. The summed E-state index contributed by atoms with van der Waals surface area (Å²) in [6.07, 6.45) is 3.72. The van der Waals surface area contributed by atoms with Gasteiger partial charge in [-0.05, 0) is 44.0 Å². The van der Waals surface area contributed by atoms with E-state index in [2.05, 4.69) is 38.2 Å². The summed E-state index contributed by atoms with van der Waals surface area (Å²) in [5.41, 5.74) is 1.25. The van der Waals surface area contributed by atoms with Crippen LogP contribution in [-0.4, -0.2) is 26.4 Å². The van der Waals surface area contributed by atoms with E-state index in [0.29, 0.717) is 12.7 Å². The molecule has 0 heterocycles. The van der Waals surface area contributed by atoms with Gasteiger partial charge in [0.2, 0.25) is 0 Å². The number of methoxy groups -OCH3 is 1. The van der Waals surface area contributed by atoms with Gasteiger partial charge in [-0.15, -0.1) is 0 Å². The highest BCUT2D eigenvalue weighted by molar-refractivity contribution is 5.29. The molecule has 1 aromatic rings. The standard InChI is InChI=1S/C17H29NO2/c1-5-7-14(3)20-13-17(18-12-6-2)15-8-10-16(19-4)11-9-15/h8-11,14,17-18H,5-7,12-13H2,1-4H3. The van der Waals surface area contributed by atoms with Crippen molar-refractivity contribution in [1.29, 1.82) is 0 Å². The van der Waals surface area contributed by atoms with Crippen molar-refractivity contribution < 1.29 is 9.47 Å². The van der Waals surface area contributed by atoms with E-state index in [0.717, 1.165) is 31.6 Å². The van der Waals surface area contributed by atoms with Crippen molar-refractivity contribution in [1.82, 2.24) is 5.32 Å². The molecular formula is C17H29NO2. The van der Waals surface area contributed by atoms with E-state index in [9.17, 15) is 0 Å². The zero-order valence-electron chi connectivity index (χ0n) is 13.3. The van der Waals surface area contributed by atoms with Gasteiger partial charge < -0.3 is 14.8 Å². The van der Waals surface area contributed by atoms with Crippen LogP contribution in [0.3, 0.4) is 0 Å². The highest BCUT2D eigenvalue weighted by Crippen LogP contribution is 2.19. The van der Waals surface area contributed by atoms with E-state index in [1.165, 1.54) is 5.56 Å². The minimum atomic E-state index is 0.250. The Labute approximate surface area is 123 Å². The van der Waals surface area contributed by atoms with Gasteiger partial charge in [0, 0.05) is 0 Å². The van der Waals surface area contributed by atoms with Crippen LogP contribution in [0.2, 0.25) is 0 Å². The first-order valence-electron chi connectivity index (χ1n) is 7.70. The summed E-state index contributed by atoms with van der Waals surface area (Å²) in [5, 5.41) is 3.55. The predicted molar refractivity (Wildman–Crippen MR) is 84.4 cm³/mol. The number of nitrogens with one attached hydrogen (secondary N) is 1. The molecule has 114 valence electrons. The molecule has 0 fully saturated rings. The summed E-state index contributed by atoms with van der Waals surface area (Å²) in [6, 6.07) is 8.48. The lowest BCUT2D eigenvalue weighted by molar-refractivity contribution is 0.0440. The molecule has 0 aliphatic heterocycles. The third-order valence-corrected chi connectivity index (χ3v) is 3.40. The monoisotopic (exact) mass is 279 g/mol. The quantitative estimate of drug-likeness (QED) is 0.703. The minimum Gasteiger partial charge on any atom is -0.497 e. The molecule has 1 rings (SSSR count). The third kappa shape index (κ3) is 5.93. The lowest BCUT2D eigenvalue weighted by Gasteiger charge is -2.22. The molecule has 2 unspecified atom stereocenters. The minimum absolute atomic E-state index is 0.250. The van der Waals surface area contributed by atoms with Crippen LogP contribution >= 0.6 is 0 Å². The Morgan fingerprint density at radius 2 is 1.80 bits per heavy atom. The van der Waals surface area contributed by atoms with Crippen LogP contribution in [0.15, 0.2) is 24.3 Å². The first-order chi connectivity index (χ1) is 9.71. The van der Waals surface area contributed by atoms with E-state index in [1.54, 1.807) is 7.11 Å². The summed E-state index contributed by atoms with van der Waals surface area (Å²) in [4.78, 5) is 0. The van der Waals surface area contributed by atoms with Crippen LogP contribution in [0.1, 0.15) is 51.6 Å². The molecule has 0 aliphatic rings. The normalized spacial score (nSPS) is 14.0. The Morgan fingerprint density at radius 1 is 1.10 bits per heavy atom. The van der Waals surface area contributed by atoms with Gasteiger partial charge in [0.05, 0.1) is 25.9 Å². The van der Waals surface area contributed by atoms with Gasteiger partial charge in [0.1, 0.15) is 5.75 Å². The molecule has 0 aliphatic carbocycles. The van der Waals surface area contributed by atoms with Crippen molar-refractivity contribution in [3.8, 4) is 5.75 Å². The molecule has 0 spiro atoms. The maximum Gasteiger partial charge on any atom is 0.118 e. The van der Waals surface area contributed by atoms with E-state index >= 15 is 0 Å². The van der Waals surface area contributed by atoms with Crippen molar-refractivity contribution in [3.05, 3.63) is 29.8 Å². The van der Waals surface area contributed by atoms with Crippen LogP contribution in [0.4, 0.5) is 0 Å². The second-order valence-electron chi connectivity index (χ2n) is 5.21. The Kier molecular flexibility index (Phi) is 8.31. The van der Waals surface area contributed by atoms with Crippen LogP contribution in [0, 0.1) is 0 Å². The molecule has 0 saturated carbocycles. The number of ether oxygens (including phenoxy) is 2. The molecule has 0 bridgehead atoms. The number of benzene rings is 1. The van der Waals surface area contributed by atoms with Gasteiger partial charge in [0.25, 0.3) is 0 Å². The zero-order valence-corrected chi connectivity index (χ0v) is 13.3. The molecule has 1 N–H and O–H groups in total. The van der Waals surface area contributed by atoms with Crippen molar-refractivity contribution in [2.24, 2.45) is 0 Å². The lowest BCUT2D eigenvalue weighted by Crippen LogP contribution is -2.28. The Balaban J connectivity index is 2.61. The Hall–Kier alpha value is -1.06. The summed E-state index contributed by atoms with van der Waals surface area (Å²) in [7, 11) is 1.69. The highest BCUT2D eigenvalue weighted by Gasteiger charge is 2.12. The number of hydrogen-bond donors (Lipinski definition) is 1. The van der Waals surface area contributed by atoms with Gasteiger partial charge >= 0.3 is 0 Å². The van der Waals surface area contributed by atoms with Gasteiger partial charge in [0.15, 0.2) is 0 Å². The van der Waals surface area contributed by atoms with Crippen LogP contribution < -0.4 is 10.1 Å². The van der Waals surface area contributed by atoms with Crippen LogP contribution in [0.25, 0.3) is 0 Å². The van der Waals surface area contributed by atoms with Crippen molar-refractivity contribution in [2.75, 3.05) is 20.3 Å². The summed E-state index contributed by atoms with van der Waals surface area (Å²) >= 11 is 0. The summed E-state index contributed by atoms with van der Waals surface area (Å²) in [6.45, 7) is 8.24. The molecule has 3 heteroatoms. The Morgan fingerprint density at radius 3 is 2.35 bits per heavy atom. The smallest absolute Gasteiger partial charge is 0.118 e. The van der Waals surface area contributed by atoms with E-state index in [-0.39, 0.29) is 6.04 Å². The number of hydrogen-bond acceptors (Lipinski definition) is 3. The van der Waals surface area contributed by atoms with Crippen LogP contribution in [0.5, 0.6) is 5.75 Å². The zero-order chi connectivity index (χ0) is 14.8. The molecule has 3 nitrogen and oxygen atoms in total. The molecule has 1 aromatic carbocycles. The average Bonchev–Trinajstić information content (AvgIpc) is 2.48. The molecule has 0 amide bonds. The second-order valence-corrected chi connectivity index (χ2v) is 5.21. The summed E-state index contributed by atoms with van der Waals surface area (Å²) < 4.78 is 11.2. The van der Waals surface area contributed by atoms with Gasteiger partial charge in [-0.25, -0.2) is 0 Å². The van der Waals surface area contributed by atoms with Gasteiger partial charge in [-0.2, -0.15) is 0 Å². The molecule has 0 aromatic heterocycles. The third-order valence-electron chi connectivity index (χ3n) is 3.40. The lowest BCUT2D eigenvalue weighted by atomic mass is 10.1. The average molecular weight is 279 g/mol. The van der Waals surface area contributed by atoms with Gasteiger partial charge in [-0.1, -0.05) is 32.4 Å². The second kappa shape index (κ2) is 9.78. The first kappa shape index (κ1) is 17.0. The Bertz CT molecular complexity index is 351. The fourth-order valence-corrected chi connectivity index (χ4v) is 2.18. The highest BCUT2D eigenvalue weighted by atomic mass is 16.5. The van der Waals surface area contributed by atoms with E-state index < -0.39 is 0 Å². The van der Waals surface area contributed by atoms with Crippen molar-refractivity contribution >= 4 is 0 Å². The number of rotatable bonds is 10. The topological polar surface area (TPSA) is 30.5 Å².